The molecule has 1 aliphatic rings. The lowest BCUT2D eigenvalue weighted by molar-refractivity contribution is 0.0848. The molecular weight excluding hydrogens is 412 g/mol. The van der Waals surface area contributed by atoms with Crippen LogP contribution in [0.3, 0.4) is 0 Å². The van der Waals surface area contributed by atoms with Gasteiger partial charge in [-0.25, -0.2) is 4.98 Å². The number of nitrogens with zero attached hydrogens (tertiary/aromatic N) is 3. The number of aromatic nitrogens is 1. The van der Waals surface area contributed by atoms with E-state index in [4.69, 9.17) is 4.74 Å². The van der Waals surface area contributed by atoms with Crippen LogP contribution in [0.25, 0.3) is 0 Å². The predicted octanol–water partition coefficient (Wildman–Crippen LogP) is 2.50. The second-order valence-electron chi connectivity index (χ2n) is 7.85. The van der Waals surface area contributed by atoms with Crippen molar-refractivity contribution in [3.05, 3.63) is 48.2 Å². The van der Waals surface area contributed by atoms with Gasteiger partial charge in [-0.1, -0.05) is 12.1 Å². The Bertz CT molecular complexity index is 856. The number of hydrogen-bond donors (Lipinski definition) is 2. The van der Waals surface area contributed by atoms with Gasteiger partial charge in [0.05, 0.1) is 23.5 Å². The summed E-state index contributed by atoms with van der Waals surface area (Å²) in [4.78, 5) is 21.2. The van der Waals surface area contributed by atoms with E-state index in [0.717, 1.165) is 37.6 Å². The van der Waals surface area contributed by atoms with E-state index in [-0.39, 0.29) is 18.6 Å². The number of hydrogen-bond acceptors (Lipinski definition) is 7. The van der Waals surface area contributed by atoms with Gasteiger partial charge in [0.15, 0.2) is 0 Å². The number of piperazine rings is 1. The molecule has 168 valence electrons. The molecular formula is C23H32N4O3S. The average Bonchev–Trinajstić information content (AvgIpc) is 2.78. The first-order valence-electron chi connectivity index (χ1n) is 10.7. The van der Waals surface area contributed by atoms with Crippen LogP contribution in [0.1, 0.15) is 24.2 Å². The number of ether oxygens (including phenoxy) is 1. The molecule has 2 aromatic rings. The molecule has 8 heteroatoms. The minimum Gasteiger partial charge on any atom is -0.489 e. The number of thioether (sulfide) groups is 1. The Labute approximate surface area is 188 Å². The van der Waals surface area contributed by atoms with Crippen molar-refractivity contribution in [1.29, 1.82) is 0 Å². The maximum Gasteiger partial charge on any atom is 0.254 e. The van der Waals surface area contributed by atoms with Crippen molar-refractivity contribution >= 4 is 23.4 Å². The van der Waals surface area contributed by atoms with Crippen LogP contribution in [0.2, 0.25) is 0 Å². The van der Waals surface area contributed by atoms with Crippen molar-refractivity contribution in [1.82, 2.24) is 15.2 Å². The first-order valence-corrected chi connectivity index (χ1v) is 11.9. The van der Waals surface area contributed by atoms with Crippen LogP contribution in [0.5, 0.6) is 5.75 Å². The third-order valence-electron chi connectivity index (χ3n) is 5.12. The monoisotopic (exact) mass is 444 g/mol. The number of pyridine rings is 1. The normalized spacial score (nSPS) is 15.7. The van der Waals surface area contributed by atoms with E-state index in [1.54, 1.807) is 18.3 Å². The molecule has 2 N–H and O–H groups in total. The van der Waals surface area contributed by atoms with Crippen molar-refractivity contribution in [2.75, 3.05) is 50.4 Å². The van der Waals surface area contributed by atoms with Gasteiger partial charge in [0.1, 0.15) is 10.8 Å². The quantitative estimate of drug-likeness (QED) is 0.576. The Kier molecular flexibility index (Phi) is 8.57. The summed E-state index contributed by atoms with van der Waals surface area (Å²) in [5.41, 5.74) is 1.66. The molecule has 3 rings (SSSR count). The third-order valence-corrected chi connectivity index (χ3v) is 5.83. The molecule has 1 fully saturated rings. The predicted molar refractivity (Wildman–Crippen MR) is 125 cm³/mol. The van der Waals surface area contributed by atoms with Gasteiger partial charge in [-0.05, 0) is 44.4 Å². The van der Waals surface area contributed by atoms with Crippen molar-refractivity contribution < 1.29 is 14.6 Å². The van der Waals surface area contributed by atoms with Crippen LogP contribution in [-0.4, -0.2) is 78.6 Å². The fraction of sp³-hybridized carbons (Fsp3) is 0.478. The van der Waals surface area contributed by atoms with Gasteiger partial charge in [-0.2, -0.15) is 0 Å². The molecule has 1 aromatic heterocycles. The van der Waals surface area contributed by atoms with Crippen molar-refractivity contribution in [2.45, 2.75) is 31.1 Å². The van der Waals surface area contributed by atoms with E-state index in [1.807, 2.05) is 38.3 Å². The summed E-state index contributed by atoms with van der Waals surface area (Å²) in [7, 11) is 0. The maximum atomic E-state index is 12.4. The summed E-state index contributed by atoms with van der Waals surface area (Å²) in [6.07, 6.45) is 3.07. The molecule has 0 radical (unpaired) electrons. The summed E-state index contributed by atoms with van der Waals surface area (Å²) in [6, 6.07) is 11.6. The van der Waals surface area contributed by atoms with Crippen LogP contribution in [0.4, 0.5) is 5.69 Å². The number of aliphatic hydroxyl groups excluding tert-OH is 1. The number of aliphatic hydroxyl groups is 1. The lowest BCUT2D eigenvalue weighted by Crippen LogP contribution is -2.50. The Morgan fingerprint density at radius 2 is 1.94 bits per heavy atom. The second kappa shape index (κ2) is 11.4. The molecule has 1 unspecified atom stereocenters. The number of rotatable bonds is 9. The molecule has 2 heterocycles. The SMILES string of the molecule is CSc1ncccc1C(=O)NCC(O)CN1CCN(c2ccccc2OC(C)C)CC1. The van der Waals surface area contributed by atoms with Gasteiger partial charge in [-0.3, -0.25) is 9.69 Å². The molecule has 1 amide bonds. The fourth-order valence-electron chi connectivity index (χ4n) is 3.64. The van der Waals surface area contributed by atoms with Gasteiger partial charge < -0.3 is 20.1 Å². The van der Waals surface area contributed by atoms with Crippen LogP contribution in [0.15, 0.2) is 47.6 Å². The number of para-hydroxylation sites is 2. The lowest BCUT2D eigenvalue weighted by Gasteiger charge is -2.37. The standard InChI is InChI=1S/C23H32N4O3S/c1-17(2)30-21-9-5-4-8-20(21)27-13-11-26(12-14-27)16-18(28)15-25-22(29)19-7-6-10-24-23(19)31-3/h4-10,17-18,28H,11-16H2,1-3H3,(H,25,29). The number of carbonyl (C=O) groups excluding carboxylic acids is 1. The second-order valence-corrected chi connectivity index (χ2v) is 8.64. The summed E-state index contributed by atoms with van der Waals surface area (Å²) >= 11 is 1.43. The number of amides is 1. The largest absolute Gasteiger partial charge is 0.489 e. The Morgan fingerprint density at radius 3 is 2.65 bits per heavy atom. The average molecular weight is 445 g/mol. The van der Waals surface area contributed by atoms with E-state index in [0.29, 0.717) is 17.1 Å². The minimum atomic E-state index is -0.624. The molecule has 1 aliphatic heterocycles. The van der Waals surface area contributed by atoms with E-state index in [9.17, 15) is 9.90 Å². The highest BCUT2D eigenvalue weighted by molar-refractivity contribution is 7.98. The molecule has 1 aromatic carbocycles. The van der Waals surface area contributed by atoms with Crippen molar-refractivity contribution in [3.8, 4) is 5.75 Å². The lowest BCUT2D eigenvalue weighted by atomic mass is 10.2. The van der Waals surface area contributed by atoms with Crippen LogP contribution >= 0.6 is 11.8 Å². The van der Waals surface area contributed by atoms with E-state index in [1.165, 1.54) is 11.8 Å². The summed E-state index contributed by atoms with van der Waals surface area (Å²) in [6.45, 7) is 8.23. The first kappa shape index (κ1) is 23.4. The zero-order valence-electron chi connectivity index (χ0n) is 18.5. The molecule has 7 nitrogen and oxygen atoms in total. The molecule has 1 saturated heterocycles. The molecule has 0 spiro atoms. The zero-order valence-corrected chi connectivity index (χ0v) is 19.3. The van der Waals surface area contributed by atoms with Crippen LogP contribution in [-0.2, 0) is 0 Å². The number of β-amino-alcohol motifs (C(OH)–C–C–N with tert-alkyl or cyclic N) is 1. The van der Waals surface area contributed by atoms with E-state index < -0.39 is 6.10 Å². The number of benzene rings is 1. The van der Waals surface area contributed by atoms with E-state index >= 15 is 0 Å². The fourth-order valence-corrected chi connectivity index (χ4v) is 4.18. The van der Waals surface area contributed by atoms with E-state index in [2.05, 4.69) is 26.2 Å². The molecule has 31 heavy (non-hydrogen) atoms. The Morgan fingerprint density at radius 1 is 1.19 bits per heavy atom. The van der Waals surface area contributed by atoms with Gasteiger partial charge in [0.25, 0.3) is 5.91 Å². The molecule has 1 atom stereocenters. The summed E-state index contributed by atoms with van der Waals surface area (Å²) in [5.74, 6) is 0.705. The number of nitrogens with one attached hydrogen (secondary N) is 1. The highest BCUT2D eigenvalue weighted by atomic mass is 32.2. The molecule has 0 aliphatic carbocycles. The zero-order chi connectivity index (χ0) is 22.2. The van der Waals surface area contributed by atoms with Gasteiger partial charge in [0.2, 0.25) is 0 Å². The van der Waals surface area contributed by atoms with Crippen LogP contribution in [0, 0.1) is 0 Å². The van der Waals surface area contributed by atoms with Crippen LogP contribution < -0.4 is 15.0 Å². The topological polar surface area (TPSA) is 77.9 Å². The summed E-state index contributed by atoms with van der Waals surface area (Å²) < 4.78 is 5.96. The van der Waals surface area contributed by atoms with Crippen molar-refractivity contribution in [2.24, 2.45) is 0 Å². The van der Waals surface area contributed by atoms with Gasteiger partial charge in [-0.15, -0.1) is 11.8 Å². The summed E-state index contributed by atoms with van der Waals surface area (Å²) in [5, 5.41) is 14.0. The Hall–Kier alpha value is -2.29. The Balaban J connectivity index is 1.46. The van der Waals surface area contributed by atoms with Crippen molar-refractivity contribution in [3.63, 3.8) is 0 Å². The number of carbonyl (C=O) groups is 1. The minimum absolute atomic E-state index is 0.131. The first-order chi connectivity index (χ1) is 15.0. The number of anilines is 1. The third kappa shape index (κ3) is 6.59. The smallest absolute Gasteiger partial charge is 0.254 e. The highest BCUT2D eigenvalue weighted by Crippen LogP contribution is 2.29. The van der Waals surface area contributed by atoms with Gasteiger partial charge in [0, 0.05) is 45.5 Å². The highest BCUT2D eigenvalue weighted by Gasteiger charge is 2.22. The molecule has 0 bridgehead atoms. The molecule has 0 saturated carbocycles. The maximum absolute atomic E-state index is 12.4. The van der Waals surface area contributed by atoms with Gasteiger partial charge >= 0.3 is 0 Å².